The highest BCUT2D eigenvalue weighted by molar-refractivity contribution is 8.00. The highest BCUT2D eigenvalue weighted by atomic mass is 32.2. The maximum absolute atomic E-state index is 13.5. The minimum Gasteiger partial charge on any atom is -0.284 e. The van der Waals surface area contributed by atoms with Crippen LogP contribution in [0.15, 0.2) is 92.5 Å². The normalized spacial score (nSPS) is 14.8. The highest BCUT2D eigenvalue weighted by Gasteiger charge is 2.31. The number of aromatic nitrogens is 2. The van der Waals surface area contributed by atoms with Crippen LogP contribution in [0, 0.1) is 0 Å². The first-order valence-electron chi connectivity index (χ1n) is 10.5. The first-order chi connectivity index (χ1) is 15.7. The first kappa shape index (κ1) is 19.6. The lowest BCUT2D eigenvalue weighted by molar-refractivity contribution is -0.115. The Morgan fingerprint density at radius 1 is 0.938 bits per heavy atom. The third kappa shape index (κ3) is 3.32. The number of benzene rings is 3. The van der Waals surface area contributed by atoms with Crippen LogP contribution in [-0.4, -0.2) is 21.2 Å². The van der Waals surface area contributed by atoms with Gasteiger partial charge in [-0.2, -0.15) is 0 Å². The molecule has 2 aliphatic rings. The van der Waals surface area contributed by atoms with Crippen molar-refractivity contribution in [3.05, 3.63) is 83.2 Å². The molecule has 1 aliphatic carbocycles. The second-order valence-electron chi connectivity index (χ2n) is 7.87. The van der Waals surface area contributed by atoms with Gasteiger partial charge < -0.3 is 0 Å². The fraction of sp³-hybridized carbons (Fsp3) is 0.160. The summed E-state index contributed by atoms with van der Waals surface area (Å²) >= 11 is 3.03. The second kappa shape index (κ2) is 7.83. The van der Waals surface area contributed by atoms with Gasteiger partial charge in [-0.1, -0.05) is 59.9 Å². The zero-order valence-corrected chi connectivity index (χ0v) is 18.7. The van der Waals surface area contributed by atoms with E-state index in [1.807, 2.05) is 72.8 Å². The number of fused-ring (bicyclic) bond motifs is 3. The van der Waals surface area contributed by atoms with Crippen LogP contribution in [0.5, 0.6) is 0 Å². The van der Waals surface area contributed by atoms with Crippen molar-refractivity contribution in [1.29, 1.82) is 0 Å². The van der Waals surface area contributed by atoms with Crippen molar-refractivity contribution in [3.63, 3.8) is 0 Å². The van der Waals surface area contributed by atoms with Gasteiger partial charge in [-0.3, -0.25) is 19.1 Å². The molecule has 6 rings (SSSR count). The summed E-state index contributed by atoms with van der Waals surface area (Å²) in [6.07, 6.45) is 1.96. The molecule has 32 heavy (non-hydrogen) atoms. The molecule has 5 nitrogen and oxygen atoms in total. The fourth-order valence-corrected chi connectivity index (χ4v) is 6.02. The van der Waals surface area contributed by atoms with E-state index in [0.29, 0.717) is 16.1 Å². The topological polar surface area (TPSA) is 55.2 Å². The smallest absolute Gasteiger partial charge is 0.262 e. The van der Waals surface area contributed by atoms with E-state index in [2.05, 4.69) is 0 Å². The Kier molecular flexibility index (Phi) is 4.81. The van der Waals surface area contributed by atoms with Gasteiger partial charge in [-0.05, 0) is 49.2 Å². The van der Waals surface area contributed by atoms with Gasteiger partial charge in [-0.15, -0.1) is 0 Å². The predicted molar refractivity (Wildman–Crippen MR) is 129 cm³/mol. The van der Waals surface area contributed by atoms with E-state index in [0.717, 1.165) is 34.0 Å². The van der Waals surface area contributed by atoms with Crippen molar-refractivity contribution >= 4 is 51.7 Å². The molecule has 0 spiro atoms. The van der Waals surface area contributed by atoms with Gasteiger partial charge in [0.2, 0.25) is 5.91 Å². The first-order valence-corrected chi connectivity index (χ1v) is 12.3. The zero-order valence-electron chi connectivity index (χ0n) is 17.1. The van der Waals surface area contributed by atoms with E-state index in [-0.39, 0.29) is 23.3 Å². The van der Waals surface area contributed by atoms with Crippen LogP contribution in [0.1, 0.15) is 18.9 Å². The van der Waals surface area contributed by atoms with Crippen molar-refractivity contribution in [1.82, 2.24) is 9.55 Å². The molecule has 3 aromatic carbocycles. The number of para-hydroxylation sites is 3. The molecule has 1 saturated carbocycles. The molecule has 0 saturated heterocycles. The van der Waals surface area contributed by atoms with Crippen LogP contribution < -0.4 is 10.5 Å². The SMILES string of the molecule is O=C(CSc1nc2ccccc2c(=O)n1C1CC1)N1c2ccccc2Sc2ccccc21. The Hall–Kier alpha value is -3.03. The third-order valence-corrected chi connectivity index (χ3v) is 7.76. The molecule has 158 valence electrons. The molecule has 0 atom stereocenters. The van der Waals surface area contributed by atoms with Crippen molar-refractivity contribution in [2.24, 2.45) is 0 Å². The number of hydrogen-bond acceptors (Lipinski definition) is 5. The standard InChI is InChI=1S/C25H19N3O2S2/c29-23(28-19-9-3-5-11-21(19)32-22-12-6-4-10-20(22)28)15-31-25-26-18-8-2-1-7-17(18)24(30)27(25)16-13-14-16/h1-12,16H,13-15H2. The molecular formula is C25H19N3O2S2. The quantitative estimate of drug-likeness (QED) is 0.293. The largest absolute Gasteiger partial charge is 0.284 e. The number of carbonyl (C=O) groups is 1. The molecule has 2 heterocycles. The minimum atomic E-state index is -0.0278. The lowest BCUT2D eigenvalue weighted by Gasteiger charge is -2.31. The van der Waals surface area contributed by atoms with E-state index in [4.69, 9.17) is 4.98 Å². The van der Waals surface area contributed by atoms with Crippen LogP contribution in [0.25, 0.3) is 10.9 Å². The number of thioether (sulfide) groups is 1. The van der Waals surface area contributed by atoms with Gasteiger partial charge in [0.1, 0.15) is 0 Å². The van der Waals surface area contributed by atoms with Crippen molar-refractivity contribution in [2.45, 2.75) is 33.8 Å². The van der Waals surface area contributed by atoms with Crippen molar-refractivity contribution in [2.75, 3.05) is 10.7 Å². The van der Waals surface area contributed by atoms with Crippen molar-refractivity contribution in [3.8, 4) is 0 Å². The summed E-state index contributed by atoms with van der Waals surface area (Å²) in [5.41, 5.74) is 2.45. The molecular weight excluding hydrogens is 438 g/mol. The maximum Gasteiger partial charge on any atom is 0.262 e. The molecule has 1 amide bonds. The Morgan fingerprint density at radius 2 is 1.56 bits per heavy atom. The van der Waals surface area contributed by atoms with Gasteiger partial charge in [0, 0.05) is 15.8 Å². The molecule has 4 aromatic rings. The van der Waals surface area contributed by atoms with Gasteiger partial charge in [0.15, 0.2) is 5.16 Å². The third-order valence-electron chi connectivity index (χ3n) is 5.69. The average molecular weight is 458 g/mol. The van der Waals surface area contributed by atoms with Crippen LogP contribution in [0.4, 0.5) is 11.4 Å². The number of carbonyl (C=O) groups excluding carboxylic acids is 1. The minimum absolute atomic E-state index is 0.0156. The lowest BCUT2D eigenvalue weighted by atomic mass is 10.2. The number of amides is 1. The van der Waals surface area contributed by atoms with E-state index >= 15 is 0 Å². The molecule has 0 bridgehead atoms. The molecule has 0 radical (unpaired) electrons. The van der Waals surface area contributed by atoms with E-state index < -0.39 is 0 Å². The highest BCUT2D eigenvalue weighted by Crippen LogP contribution is 2.48. The van der Waals surface area contributed by atoms with E-state index in [1.54, 1.807) is 21.2 Å². The Bertz CT molecular complexity index is 1380. The molecule has 1 aliphatic heterocycles. The molecule has 1 fully saturated rings. The second-order valence-corrected chi connectivity index (χ2v) is 9.90. The van der Waals surface area contributed by atoms with Gasteiger partial charge in [-0.25, -0.2) is 4.98 Å². The summed E-state index contributed by atoms with van der Waals surface area (Å²) in [5, 5.41) is 1.25. The van der Waals surface area contributed by atoms with Crippen LogP contribution in [-0.2, 0) is 4.79 Å². The molecule has 7 heteroatoms. The molecule has 0 N–H and O–H groups in total. The summed E-state index contributed by atoms with van der Waals surface area (Å²) in [6, 6.07) is 23.5. The monoisotopic (exact) mass is 457 g/mol. The summed E-state index contributed by atoms with van der Waals surface area (Å²) in [7, 11) is 0. The average Bonchev–Trinajstić information content (AvgIpc) is 3.66. The molecule has 1 aromatic heterocycles. The summed E-state index contributed by atoms with van der Waals surface area (Å²) < 4.78 is 1.79. The fourth-order valence-electron chi connectivity index (χ4n) is 4.05. The van der Waals surface area contributed by atoms with Crippen LogP contribution in [0.3, 0.4) is 0 Å². The van der Waals surface area contributed by atoms with E-state index in [9.17, 15) is 9.59 Å². The summed E-state index contributed by atoms with van der Waals surface area (Å²) in [5.74, 6) is 0.171. The Balaban J connectivity index is 1.36. The van der Waals surface area contributed by atoms with Crippen LogP contribution in [0.2, 0.25) is 0 Å². The summed E-state index contributed by atoms with van der Waals surface area (Å²) in [4.78, 5) is 35.3. The maximum atomic E-state index is 13.5. The Labute approximate surface area is 193 Å². The zero-order chi connectivity index (χ0) is 21.7. The number of rotatable bonds is 4. The lowest BCUT2D eigenvalue weighted by Crippen LogP contribution is -2.30. The van der Waals surface area contributed by atoms with Gasteiger partial charge in [0.25, 0.3) is 5.56 Å². The predicted octanol–water partition coefficient (Wildman–Crippen LogP) is 5.65. The number of anilines is 2. The summed E-state index contributed by atoms with van der Waals surface area (Å²) in [6.45, 7) is 0. The van der Waals surface area contributed by atoms with Crippen molar-refractivity contribution < 1.29 is 4.79 Å². The number of hydrogen-bond donors (Lipinski definition) is 0. The molecule has 0 unspecified atom stereocenters. The number of nitrogens with zero attached hydrogens (tertiary/aromatic N) is 3. The Morgan fingerprint density at radius 3 is 2.25 bits per heavy atom. The van der Waals surface area contributed by atoms with E-state index in [1.165, 1.54) is 11.8 Å². The van der Waals surface area contributed by atoms with Gasteiger partial charge in [0.05, 0.1) is 28.0 Å². The van der Waals surface area contributed by atoms with Gasteiger partial charge >= 0.3 is 0 Å². The van der Waals surface area contributed by atoms with Crippen LogP contribution >= 0.6 is 23.5 Å².